The quantitative estimate of drug-likeness (QED) is 0.613. The molecule has 0 N–H and O–H groups in total. The molecule has 6 heteroatoms. The summed E-state index contributed by atoms with van der Waals surface area (Å²) in [5.41, 5.74) is 3.26. The monoisotopic (exact) mass is 379 g/mol. The van der Waals surface area contributed by atoms with Crippen LogP contribution in [0, 0.1) is 6.92 Å². The molecule has 0 unspecified atom stereocenters. The lowest BCUT2D eigenvalue weighted by molar-refractivity contribution is 0.0467. The average Bonchev–Trinajstić information content (AvgIpc) is 2.67. The van der Waals surface area contributed by atoms with E-state index in [2.05, 4.69) is 30.7 Å². The van der Waals surface area contributed by atoms with Crippen LogP contribution in [0.5, 0.6) is 0 Å². The molecule has 0 amide bonds. The number of hydrogen-bond donors (Lipinski definition) is 0. The Bertz CT molecular complexity index is 1040. The van der Waals surface area contributed by atoms with Gasteiger partial charge in [0.25, 0.3) is 5.56 Å². The average molecular weight is 379 g/mol. The molecule has 0 aliphatic rings. The van der Waals surface area contributed by atoms with E-state index in [1.807, 2.05) is 25.1 Å². The van der Waals surface area contributed by atoms with Crippen LogP contribution in [0.3, 0.4) is 0 Å². The number of carbonyl (C=O) groups excluding carboxylic acids is 1. The van der Waals surface area contributed by atoms with Gasteiger partial charge in [-0.3, -0.25) is 9.20 Å². The fourth-order valence-corrected chi connectivity index (χ4v) is 3.19. The number of esters is 1. The van der Waals surface area contributed by atoms with Gasteiger partial charge in [-0.1, -0.05) is 6.07 Å². The fourth-order valence-electron chi connectivity index (χ4n) is 3.19. The van der Waals surface area contributed by atoms with Gasteiger partial charge in [-0.15, -0.1) is 0 Å². The van der Waals surface area contributed by atoms with E-state index >= 15 is 0 Å². The van der Waals surface area contributed by atoms with Crippen molar-refractivity contribution in [1.29, 1.82) is 0 Å². The molecule has 0 atom stereocenters. The first-order valence-corrected chi connectivity index (χ1v) is 9.42. The van der Waals surface area contributed by atoms with E-state index in [-0.39, 0.29) is 12.2 Å². The molecule has 0 saturated heterocycles. The third-order valence-corrected chi connectivity index (χ3v) is 4.61. The number of aryl methyl sites for hydroxylation is 1. The van der Waals surface area contributed by atoms with Gasteiger partial charge >= 0.3 is 5.97 Å². The summed E-state index contributed by atoms with van der Waals surface area (Å²) in [6, 6.07) is 12.8. The summed E-state index contributed by atoms with van der Waals surface area (Å²) in [4.78, 5) is 31.2. The lowest BCUT2D eigenvalue weighted by Gasteiger charge is -2.27. The first kappa shape index (κ1) is 19.6. The molecule has 0 aliphatic carbocycles. The number of rotatable bonds is 6. The van der Waals surface area contributed by atoms with E-state index in [0.717, 1.165) is 17.8 Å². The Kier molecular flexibility index (Phi) is 5.78. The van der Waals surface area contributed by atoms with Crippen molar-refractivity contribution < 1.29 is 9.53 Å². The summed E-state index contributed by atoms with van der Waals surface area (Å²) in [6.45, 7) is 9.12. The molecule has 3 aromatic rings. The summed E-state index contributed by atoms with van der Waals surface area (Å²) in [5.74, 6) is -0.440. The zero-order chi connectivity index (χ0) is 20.3. The van der Waals surface area contributed by atoms with Crippen molar-refractivity contribution in [2.75, 3.05) is 11.4 Å². The summed E-state index contributed by atoms with van der Waals surface area (Å²) >= 11 is 0. The standard InChI is InChI=1S/C22H25N3O3/c1-5-24(15(2)3)19-9-7-17(8-10-19)22(27)28-14-18-12-21(26)25-13-16(4)6-11-20(25)23-18/h6-13,15H,5,14H2,1-4H3. The Morgan fingerprint density at radius 1 is 1.18 bits per heavy atom. The number of hydrogen-bond acceptors (Lipinski definition) is 5. The highest BCUT2D eigenvalue weighted by Crippen LogP contribution is 2.18. The van der Waals surface area contributed by atoms with Crippen LogP contribution in [0.15, 0.2) is 53.5 Å². The van der Waals surface area contributed by atoms with Crippen LogP contribution < -0.4 is 10.5 Å². The van der Waals surface area contributed by atoms with Gasteiger partial charge in [-0.05, 0) is 63.6 Å². The topological polar surface area (TPSA) is 63.9 Å². The Hall–Kier alpha value is -3.15. The molecule has 0 aliphatic heterocycles. The maximum Gasteiger partial charge on any atom is 0.338 e. The molecule has 0 bridgehead atoms. The molecule has 1 aromatic carbocycles. The van der Waals surface area contributed by atoms with Crippen LogP contribution in [-0.4, -0.2) is 27.9 Å². The van der Waals surface area contributed by atoms with Crippen molar-refractivity contribution >= 4 is 17.3 Å². The SMILES string of the molecule is CCN(c1ccc(C(=O)OCc2cc(=O)n3cc(C)ccc3n2)cc1)C(C)C. The van der Waals surface area contributed by atoms with Crippen molar-refractivity contribution in [3.8, 4) is 0 Å². The molecule has 0 radical (unpaired) electrons. The van der Waals surface area contributed by atoms with Crippen LogP contribution in [-0.2, 0) is 11.3 Å². The molecule has 146 valence electrons. The van der Waals surface area contributed by atoms with E-state index in [0.29, 0.717) is 22.9 Å². The van der Waals surface area contributed by atoms with Crippen LogP contribution in [0.2, 0.25) is 0 Å². The largest absolute Gasteiger partial charge is 0.456 e. The highest BCUT2D eigenvalue weighted by Gasteiger charge is 2.12. The molecule has 2 aromatic heterocycles. The lowest BCUT2D eigenvalue weighted by Crippen LogP contribution is -2.30. The van der Waals surface area contributed by atoms with E-state index < -0.39 is 5.97 Å². The molecule has 0 spiro atoms. The second kappa shape index (κ2) is 8.25. The highest BCUT2D eigenvalue weighted by molar-refractivity contribution is 5.89. The van der Waals surface area contributed by atoms with Crippen molar-refractivity contribution in [1.82, 2.24) is 9.38 Å². The first-order chi connectivity index (χ1) is 13.4. The van der Waals surface area contributed by atoms with E-state index in [1.165, 1.54) is 10.5 Å². The normalized spacial score (nSPS) is 11.0. The zero-order valence-corrected chi connectivity index (χ0v) is 16.7. The summed E-state index contributed by atoms with van der Waals surface area (Å²) in [7, 11) is 0. The minimum Gasteiger partial charge on any atom is -0.456 e. The molecular weight excluding hydrogens is 354 g/mol. The zero-order valence-electron chi connectivity index (χ0n) is 16.7. The van der Waals surface area contributed by atoms with E-state index in [4.69, 9.17) is 4.74 Å². The van der Waals surface area contributed by atoms with E-state index in [9.17, 15) is 9.59 Å². The molecule has 6 nitrogen and oxygen atoms in total. The van der Waals surface area contributed by atoms with Crippen molar-refractivity contribution in [3.05, 3.63) is 75.8 Å². The predicted molar refractivity (Wildman–Crippen MR) is 110 cm³/mol. The van der Waals surface area contributed by atoms with Crippen LogP contribution >= 0.6 is 0 Å². The van der Waals surface area contributed by atoms with Gasteiger partial charge < -0.3 is 9.64 Å². The van der Waals surface area contributed by atoms with Crippen LogP contribution in [0.25, 0.3) is 5.65 Å². The Labute approximate surface area is 164 Å². The highest BCUT2D eigenvalue weighted by atomic mass is 16.5. The molecular formula is C22H25N3O3. The van der Waals surface area contributed by atoms with Crippen LogP contribution in [0.4, 0.5) is 5.69 Å². The summed E-state index contributed by atoms with van der Waals surface area (Å²) < 4.78 is 6.83. The molecule has 0 fully saturated rings. The Morgan fingerprint density at radius 2 is 1.89 bits per heavy atom. The van der Waals surface area contributed by atoms with Gasteiger partial charge in [0.1, 0.15) is 12.3 Å². The summed E-state index contributed by atoms with van der Waals surface area (Å²) in [5, 5.41) is 0. The van der Waals surface area contributed by atoms with Gasteiger partial charge in [-0.2, -0.15) is 0 Å². The number of ether oxygens (including phenoxy) is 1. The van der Waals surface area contributed by atoms with Gasteiger partial charge in [0.15, 0.2) is 0 Å². The predicted octanol–water partition coefficient (Wildman–Crippen LogP) is 3.59. The Morgan fingerprint density at radius 3 is 2.54 bits per heavy atom. The summed E-state index contributed by atoms with van der Waals surface area (Å²) in [6.07, 6.45) is 1.73. The molecule has 0 saturated carbocycles. The van der Waals surface area contributed by atoms with Crippen molar-refractivity contribution in [2.45, 2.75) is 40.3 Å². The van der Waals surface area contributed by atoms with Gasteiger partial charge in [0.05, 0.1) is 11.3 Å². The number of anilines is 1. The van der Waals surface area contributed by atoms with Crippen molar-refractivity contribution in [3.63, 3.8) is 0 Å². The third-order valence-electron chi connectivity index (χ3n) is 4.61. The minimum atomic E-state index is -0.440. The fraction of sp³-hybridized carbons (Fsp3) is 0.318. The van der Waals surface area contributed by atoms with Gasteiger partial charge in [0, 0.05) is 30.5 Å². The number of carbonyl (C=O) groups is 1. The molecule has 2 heterocycles. The van der Waals surface area contributed by atoms with Crippen molar-refractivity contribution in [2.24, 2.45) is 0 Å². The van der Waals surface area contributed by atoms with Gasteiger partial charge in [0.2, 0.25) is 0 Å². The maximum absolute atomic E-state index is 12.3. The second-order valence-corrected chi connectivity index (χ2v) is 7.02. The van der Waals surface area contributed by atoms with Crippen LogP contribution in [0.1, 0.15) is 42.4 Å². The lowest BCUT2D eigenvalue weighted by atomic mass is 10.1. The third kappa shape index (κ3) is 4.22. The minimum absolute atomic E-state index is 0.0483. The Balaban J connectivity index is 1.71. The maximum atomic E-state index is 12.3. The molecule has 28 heavy (non-hydrogen) atoms. The first-order valence-electron chi connectivity index (χ1n) is 9.42. The second-order valence-electron chi connectivity index (χ2n) is 7.02. The number of benzene rings is 1. The molecule has 3 rings (SSSR count). The number of nitrogens with zero attached hydrogens (tertiary/aromatic N) is 3. The van der Waals surface area contributed by atoms with Gasteiger partial charge in [-0.25, -0.2) is 9.78 Å². The van der Waals surface area contributed by atoms with E-state index in [1.54, 1.807) is 24.4 Å². The number of fused-ring (bicyclic) bond motifs is 1. The smallest absolute Gasteiger partial charge is 0.338 e. The number of pyridine rings is 1. The number of aromatic nitrogens is 2.